The monoisotopic (exact) mass is 336 g/mol. The molecule has 126 valence electrons. The highest BCUT2D eigenvalue weighted by Crippen LogP contribution is 2.32. The van der Waals surface area contributed by atoms with E-state index in [1.165, 1.54) is 25.7 Å². The molecule has 1 aliphatic carbocycles. The number of hydrogen-bond acceptors (Lipinski definition) is 3. The Balaban J connectivity index is 1.66. The first kappa shape index (κ1) is 16.7. The van der Waals surface area contributed by atoms with Crippen molar-refractivity contribution in [3.63, 3.8) is 0 Å². The highest BCUT2D eigenvalue weighted by Gasteiger charge is 2.37. The number of rotatable bonds is 5. The third kappa shape index (κ3) is 3.87. The molecule has 1 unspecified atom stereocenters. The van der Waals surface area contributed by atoms with Gasteiger partial charge in [-0.1, -0.05) is 24.4 Å². The minimum Gasteiger partial charge on any atom is -0.390 e. The predicted molar refractivity (Wildman–Crippen MR) is 91.7 cm³/mol. The highest BCUT2D eigenvalue weighted by atomic mass is 35.5. The lowest BCUT2D eigenvalue weighted by Crippen LogP contribution is -2.60. The van der Waals surface area contributed by atoms with E-state index < -0.39 is 0 Å². The number of aliphatic hydroxyl groups is 1. The average molecular weight is 337 g/mol. The molecule has 23 heavy (non-hydrogen) atoms. The third-order valence-corrected chi connectivity index (χ3v) is 5.45. The Morgan fingerprint density at radius 2 is 1.91 bits per heavy atom. The van der Waals surface area contributed by atoms with Crippen LogP contribution in [0.3, 0.4) is 0 Å². The Kier molecular flexibility index (Phi) is 5.24. The van der Waals surface area contributed by atoms with Gasteiger partial charge in [0.15, 0.2) is 0 Å². The summed E-state index contributed by atoms with van der Waals surface area (Å²) in [6, 6.07) is 7.42. The molecule has 1 heterocycles. The largest absolute Gasteiger partial charge is 0.390 e. The molecule has 5 heteroatoms. The van der Waals surface area contributed by atoms with Crippen molar-refractivity contribution in [3.05, 3.63) is 34.9 Å². The second kappa shape index (κ2) is 7.20. The van der Waals surface area contributed by atoms with Gasteiger partial charge in [0.1, 0.15) is 0 Å². The molecule has 0 aromatic heterocycles. The summed E-state index contributed by atoms with van der Waals surface area (Å²) in [6.07, 6.45) is 4.84. The van der Waals surface area contributed by atoms with Crippen molar-refractivity contribution in [2.75, 3.05) is 26.7 Å². The number of benzene rings is 1. The van der Waals surface area contributed by atoms with Gasteiger partial charge in [-0.25, -0.2) is 0 Å². The number of nitrogens with zero attached hydrogens (tertiary/aromatic N) is 2. The van der Waals surface area contributed by atoms with E-state index in [-0.39, 0.29) is 12.0 Å². The molecule has 1 N–H and O–H groups in total. The molecule has 2 fully saturated rings. The quantitative estimate of drug-likeness (QED) is 0.899. The van der Waals surface area contributed by atoms with Gasteiger partial charge in [0.2, 0.25) is 0 Å². The smallest absolute Gasteiger partial charge is 0.253 e. The molecule has 1 aliphatic heterocycles. The van der Waals surface area contributed by atoms with E-state index in [1.807, 2.05) is 11.9 Å². The Hall–Kier alpha value is -1.10. The molecule has 1 saturated carbocycles. The van der Waals surface area contributed by atoms with E-state index in [9.17, 15) is 9.90 Å². The standard InChI is InChI=1S/C18H25ClN2O2/c1-20(18(23)14-6-8-15(19)9-7-14)12-17(13-4-2-3-5-13)21-10-16(22)11-21/h6-9,13,16-17,22H,2-5,10-12H2,1H3. The van der Waals surface area contributed by atoms with Crippen molar-refractivity contribution in [1.82, 2.24) is 9.80 Å². The summed E-state index contributed by atoms with van der Waals surface area (Å²) in [5.41, 5.74) is 0.672. The Bertz CT molecular complexity index is 536. The SMILES string of the molecule is CN(CC(C1CCCC1)N1CC(O)C1)C(=O)c1ccc(Cl)cc1. The van der Waals surface area contributed by atoms with Gasteiger partial charge in [0, 0.05) is 43.3 Å². The first-order valence-corrected chi connectivity index (χ1v) is 8.85. The number of halogens is 1. The second-order valence-electron chi connectivity index (χ2n) is 6.91. The molecular weight excluding hydrogens is 312 g/mol. The molecule has 1 aromatic carbocycles. The lowest BCUT2D eigenvalue weighted by Gasteiger charge is -2.45. The van der Waals surface area contributed by atoms with Crippen molar-refractivity contribution in [2.24, 2.45) is 5.92 Å². The predicted octanol–water partition coefficient (Wildman–Crippen LogP) is 2.65. The van der Waals surface area contributed by atoms with Crippen molar-refractivity contribution in [1.29, 1.82) is 0 Å². The van der Waals surface area contributed by atoms with Crippen LogP contribution in [0.2, 0.25) is 5.02 Å². The van der Waals surface area contributed by atoms with E-state index in [2.05, 4.69) is 4.90 Å². The normalized spacial score (nSPS) is 21.2. The van der Waals surface area contributed by atoms with Crippen LogP contribution >= 0.6 is 11.6 Å². The van der Waals surface area contributed by atoms with Crippen molar-refractivity contribution in [3.8, 4) is 0 Å². The van der Waals surface area contributed by atoms with Gasteiger partial charge in [-0.05, 0) is 43.0 Å². The summed E-state index contributed by atoms with van der Waals surface area (Å²) in [5, 5.41) is 10.3. The van der Waals surface area contributed by atoms with Gasteiger partial charge < -0.3 is 10.0 Å². The van der Waals surface area contributed by atoms with Crippen LogP contribution in [0.25, 0.3) is 0 Å². The van der Waals surface area contributed by atoms with Gasteiger partial charge in [0.25, 0.3) is 5.91 Å². The first-order valence-electron chi connectivity index (χ1n) is 8.47. The fourth-order valence-corrected chi connectivity index (χ4v) is 3.97. The highest BCUT2D eigenvalue weighted by molar-refractivity contribution is 6.30. The summed E-state index contributed by atoms with van der Waals surface area (Å²) < 4.78 is 0. The Morgan fingerprint density at radius 1 is 1.30 bits per heavy atom. The van der Waals surface area contributed by atoms with E-state index in [1.54, 1.807) is 24.3 Å². The van der Waals surface area contributed by atoms with E-state index >= 15 is 0 Å². The topological polar surface area (TPSA) is 43.8 Å². The number of aliphatic hydroxyl groups excluding tert-OH is 1. The number of likely N-dealkylation sites (N-methyl/N-ethyl adjacent to an activating group) is 1. The van der Waals surface area contributed by atoms with E-state index in [4.69, 9.17) is 11.6 Å². The zero-order valence-electron chi connectivity index (χ0n) is 13.6. The van der Waals surface area contributed by atoms with Crippen LogP contribution < -0.4 is 0 Å². The summed E-state index contributed by atoms with van der Waals surface area (Å²) in [7, 11) is 1.87. The average Bonchev–Trinajstić information content (AvgIpc) is 3.04. The number of carbonyl (C=O) groups is 1. The number of β-amino-alcohol motifs (C(OH)–C–C–N with tert-alkyl or cyclic N) is 1. The van der Waals surface area contributed by atoms with Crippen LogP contribution in [-0.2, 0) is 0 Å². The summed E-state index contributed by atoms with van der Waals surface area (Å²) >= 11 is 5.89. The summed E-state index contributed by atoms with van der Waals surface area (Å²) in [6.45, 7) is 2.20. The van der Waals surface area contributed by atoms with Crippen molar-refractivity contribution < 1.29 is 9.90 Å². The molecule has 0 bridgehead atoms. The molecule has 3 rings (SSSR count). The minimum absolute atomic E-state index is 0.0331. The van der Waals surface area contributed by atoms with Gasteiger partial charge in [-0.15, -0.1) is 0 Å². The molecule has 0 radical (unpaired) electrons. The van der Waals surface area contributed by atoms with Gasteiger partial charge >= 0.3 is 0 Å². The van der Waals surface area contributed by atoms with Crippen LogP contribution in [0.1, 0.15) is 36.0 Å². The maximum atomic E-state index is 12.6. The molecule has 1 amide bonds. The maximum Gasteiger partial charge on any atom is 0.253 e. The number of amides is 1. The lowest BCUT2D eigenvalue weighted by atomic mass is 9.92. The van der Waals surface area contributed by atoms with E-state index in [0.717, 1.165) is 19.6 Å². The van der Waals surface area contributed by atoms with Crippen LogP contribution in [0.4, 0.5) is 0 Å². The van der Waals surface area contributed by atoms with Crippen LogP contribution in [0, 0.1) is 5.92 Å². The van der Waals surface area contributed by atoms with Gasteiger partial charge in [0.05, 0.1) is 6.10 Å². The molecular formula is C18H25ClN2O2. The summed E-state index contributed by atoms with van der Waals surface area (Å²) in [5.74, 6) is 0.675. The van der Waals surface area contributed by atoms with Crippen LogP contribution in [-0.4, -0.2) is 59.6 Å². The number of likely N-dealkylation sites (tertiary alicyclic amines) is 1. The third-order valence-electron chi connectivity index (χ3n) is 5.20. The zero-order valence-corrected chi connectivity index (χ0v) is 14.4. The molecule has 1 aromatic rings. The molecule has 1 atom stereocenters. The van der Waals surface area contributed by atoms with Crippen molar-refractivity contribution in [2.45, 2.75) is 37.8 Å². The van der Waals surface area contributed by atoms with Gasteiger partial charge in [-0.3, -0.25) is 9.69 Å². The Labute approximate surface area is 143 Å². The molecule has 0 spiro atoms. The second-order valence-corrected chi connectivity index (χ2v) is 7.35. The number of hydrogen-bond donors (Lipinski definition) is 1. The summed E-state index contributed by atoms with van der Waals surface area (Å²) in [4.78, 5) is 16.8. The lowest BCUT2D eigenvalue weighted by molar-refractivity contribution is -0.0445. The fourth-order valence-electron chi connectivity index (χ4n) is 3.84. The minimum atomic E-state index is -0.198. The Morgan fingerprint density at radius 3 is 2.48 bits per heavy atom. The van der Waals surface area contributed by atoms with Crippen molar-refractivity contribution >= 4 is 17.5 Å². The van der Waals surface area contributed by atoms with E-state index in [0.29, 0.717) is 22.5 Å². The van der Waals surface area contributed by atoms with Crippen LogP contribution in [0.5, 0.6) is 0 Å². The zero-order chi connectivity index (χ0) is 16.4. The fraction of sp³-hybridized carbons (Fsp3) is 0.611. The first-order chi connectivity index (χ1) is 11.0. The van der Waals surface area contributed by atoms with Gasteiger partial charge in [-0.2, -0.15) is 0 Å². The molecule has 2 aliphatic rings. The number of carbonyl (C=O) groups excluding carboxylic acids is 1. The maximum absolute atomic E-state index is 12.6. The molecule has 1 saturated heterocycles. The van der Waals surface area contributed by atoms with Crippen LogP contribution in [0.15, 0.2) is 24.3 Å². The molecule has 4 nitrogen and oxygen atoms in total.